The van der Waals surface area contributed by atoms with Crippen LogP contribution in [0.25, 0.3) is 11.3 Å². The van der Waals surface area contributed by atoms with E-state index in [0.29, 0.717) is 16.8 Å². The van der Waals surface area contributed by atoms with Crippen LogP contribution in [0.5, 0.6) is 0 Å². The van der Waals surface area contributed by atoms with Gasteiger partial charge in [0.15, 0.2) is 0 Å². The molecule has 0 fully saturated rings. The van der Waals surface area contributed by atoms with Gasteiger partial charge in [0.05, 0.1) is 11.3 Å². The largest absolute Gasteiger partial charge is 0.366 e. The second-order valence-corrected chi connectivity index (χ2v) is 4.34. The highest BCUT2D eigenvalue weighted by atomic mass is 16.2. The maximum absolute atomic E-state index is 11.9. The van der Waals surface area contributed by atoms with Crippen LogP contribution in [0.3, 0.4) is 0 Å². The molecule has 21 heavy (non-hydrogen) atoms. The third-order valence-corrected chi connectivity index (χ3v) is 2.87. The van der Waals surface area contributed by atoms with Crippen LogP contribution in [-0.2, 0) is 4.79 Å². The van der Waals surface area contributed by atoms with Gasteiger partial charge in [0.1, 0.15) is 0 Å². The highest BCUT2D eigenvalue weighted by molar-refractivity contribution is 6.26. The van der Waals surface area contributed by atoms with Crippen molar-refractivity contribution in [3.05, 3.63) is 71.8 Å². The van der Waals surface area contributed by atoms with Crippen molar-refractivity contribution < 1.29 is 9.59 Å². The van der Waals surface area contributed by atoms with Crippen LogP contribution in [0.2, 0.25) is 0 Å². The number of carbonyl (C=O) groups excluding carboxylic acids is 2. The topological polar surface area (TPSA) is 98.2 Å². The Kier molecular flexibility index (Phi) is 4.36. The number of urea groups is 1. The molecule has 0 radical (unpaired) electrons. The Balaban J connectivity index is 2.68. The highest BCUT2D eigenvalue weighted by Crippen LogP contribution is 2.24. The van der Waals surface area contributed by atoms with Gasteiger partial charge in [-0.15, -0.1) is 0 Å². The predicted octanol–water partition coefficient (Wildman–Crippen LogP) is 1.71. The van der Waals surface area contributed by atoms with Gasteiger partial charge in [-0.2, -0.15) is 0 Å². The maximum atomic E-state index is 11.9. The van der Waals surface area contributed by atoms with Crippen LogP contribution < -0.4 is 16.8 Å². The standard InChI is InChI=1S/C16H15N3O2/c17-15(20)13(11-7-3-1-4-8-11)14(19-16(18)21)12-9-5-2-6-10-12/h1-10H,(H2,17,20)(H3,18,19,21)/b14-13-. The minimum absolute atomic E-state index is 0.209. The SMILES string of the molecule is NC(=O)N/C(=C(\C(N)=O)c1ccccc1)c1ccccc1. The quantitative estimate of drug-likeness (QED) is 0.587. The second kappa shape index (κ2) is 6.38. The molecule has 0 saturated carbocycles. The van der Waals surface area contributed by atoms with E-state index in [1.807, 2.05) is 12.1 Å². The van der Waals surface area contributed by atoms with E-state index < -0.39 is 11.9 Å². The van der Waals surface area contributed by atoms with E-state index in [-0.39, 0.29) is 5.57 Å². The molecule has 2 rings (SSSR count). The molecular weight excluding hydrogens is 266 g/mol. The van der Waals surface area contributed by atoms with Gasteiger partial charge in [0.2, 0.25) is 0 Å². The molecule has 0 bridgehead atoms. The molecule has 2 aromatic carbocycles. The van der Waals surface area contributed by atoms with Gasteiger partial charge in [-0.1, -0.05) is 60.7 Å². The first kappa shape index (κ1) is 14.3. The molecule has 0 saturated heterocycles. The number of nitrogens with two attached hydrogens (primary N) is 2. The summed E-state index contributed by atoms with van der Waals surface area (Å²) >= 11 is 0. The van der Waals surface area contributed by atoms with Crippen molar-refractivity contribution >= 4 is 23.2 Å². The summed E-state index contributed by atoms with van der Waals surface area (Å²) in [4.78, 5) is 23.1. The number of rotatable bonds is 4. The van der Waals surface area contributed by atoms with Crippen molar-refractivity contribution in [2.75, 3.05) is 0 Å². The fraction of sp³-hybridized carbons (Fsp3) is 0. The first-order valence-electron chi connectivity index (χ1n) is 6.31. The summed E-state index contributed by atoms with van der Waals surface area (Å²) in [7, 11) is 0. The predicted molar refractivity (Wildman–Crippen MR) is 81.6 cm³/mol. The summed E-state index contributed by atoms with van der Waals surface area (Å²) in [6, 6.07) is 17.1. The number of nitrogens with one attached hydrogen (secondary N) is 1. The molecule has 5 heteroatoms. The van der Waals surface area contributed by atoms with Gasteiger partial charge >= 0.3 is 6.03 Å². The van der Waals surface area contributed by atoms with Crippen LogP contribution in [0.4, 0.5) is 4.79 Å². The summed E-state index contributed by atoms with van der Waals surface area (Å²) in [6.45, 7) is 0. The molecule has 3 amide bonds. The Hall–Kier alpha value is -3.08. The highest BCUT2D eigenvalue weighted by Gasteiger charge is 2.17. The Morgan fingerprint density at radius 3 is 1.67 bits per heavy atom. The number of amides is 3. The molecular formula is C16H15N3O2. The molecule has 0 aliphatic heterocycles. The van der Waals surface area contributed by atoms with Gasteiger partial charge in [0.25, 0.3) is 5.91 Å². The van der Waals surface area contributed by atoms with Gasteiger partial charge < -0.3 is 16.8 Å². The van der Waals surface area contributed by atoms with Gasteiger partial charge in [-0.3, -0.25) is 4.79 Å². The number of primary amides is 2. The zero-order valence-electron chi connectivity index (χ0n) is 11.2. The Morgan fingerprint density at radius 1 is 0.762 bits per heavy atom. The van der Waals surface area contributed by atoms with Crippen LogP contribution in [-0.4, -0.2) is 11.9 Å². The minimum Gasteiger partial charge on any atom is -0.366 e. The minimum atomic E-state index is -0.761. The van der Waals surface area contributed by atoms with E-state index in [1.54, 1.807) is 48.5 Å². The average Bonchev–Trinajstić information content (AvgIpc) is 2.48. The van der Waals surface area contributed by atoms with Crippen molar-refractivity contribution in [2.24, 2.45) is 11.5 Å². The van der Waals surface area contributed by atoms with Crippen LogP contribution in [0.1, 0.15) is 11.1 Å². The van der Waals surface area contributed by atoms with Gasteiger partial charge in [0, 0.05) is 0 Å². The summed E-state index contributed by atoms with van der Waals surface area (Å²) in [5.41, 5.74) is 12.5. The van der Waals surface area contributed by atoms with E-state index in [2.05, 4.69) is 5.32 Å². The van der Waals surface area contributed by atoms with Crippen LogP contribution in [0, 0.1) is 0 Å². The smallest absolute Gasteiger partial charge is 0.316 e. The fourth-order valence-corrected chi connectivity index (χ4v) is 2.02. The van der Waals surface area contributed by atoms with Crippen molar-refractivity contribution in [1.29, 1.82) is 0 Å². The van der Waals surface area contributed by atoms with E-state index in [9.17, 15) is 9.59 Å². The van der Waals surface area contributed by atoms with Gasteiger partial charge in [-0.05, 0) is 11.1 Å². The molecule has 0 spiro atoms. The van der Waals surface area contributed by atoms with E-state index in [1.165, 1.54) is 0 Å². The first-order valence-corrected chi connectivity index (χ1v) is 6.31. The Bertz CT molecular complexity index is 679. The number of carbonyl (C=O) groups is 2. The molecule has 5 N–H and O–H groups in total. The molecule has 0 aliphatic rings. The summed E-state index contributed by atoms with van der Waals surface area (Å²) in [5.74, 6) is -0.645. The average molecular weight is 281 g/mol. The lowest BCUT2D eigenvalue weighted by atomic mass is 9.99. The van der Waals surface area contributed by atoms with Gasteiger partial charge in [-0.25, -0.2) is 4.79 Å². The summed E-state index contributed by atoms with van der Waals surface area (Å²) in [5, 5.41) is 2.49. The zero-order valence-corrected chi connectivity index (χ0v) is 11.2. The molecule has 106 valence electrons. The molecule has 0 unspecified atom stereocenters. The number of hydrogen-bond acceptors (Lipinski definition) is 2. The van der Waals surface area contributed by atoms with Crippen molar-refractivity contribution in [1.82, 2.24) is 5.32 Å². The lowest BCUT2D eigenvalue weighted by molar-refractivity contribution is -0.112. The monoisotopic (exact) mass is 281 g/mol. The second-order valence-electron chi connectivity index (χ2n) is 4.34. The maximum Gasteiger partial charge on any atom is 0.316 e. The van der Waals surface area contributed by atoms with E-state index >= 15 is 0 Å². The zero-order chi connectivity index (χ0) is 15.2. The Labute approximate surface area is 122 Å². The molecule has 0 aliphatic carbocycles. The van der Waals surface area contributed by atoms with Crippen molar-refractivity contribution in [2.45, 2.75) is 0 Å². The molecule has 2 aromatic rings. The van der Waals surface area contributed by atoms with E-state index in [4.69, 9.17) is 11.5 Å². The first-order chi connectivity index (χ1) is 10.1. The molecule has 0 aromatic heterocycles. The lowest BCUT2D eigenvalue weighted by Crippen LogP contribution is -2.30. The number of benzene rings is 2. The summed E-state index contributed by atoms with van der Waals surface area (Å²) in [6.07, 6.45) is 0. The van der Waals surface area contributed by atoms with Crippen molar-refractivity contribution in [3.8, 4) is 0 Å². The normalized spacial score (nSPS) is 11.4. The van der Waals surface area contributed by atoms with Crippen LogP contribution in [0.15, 0.2) is 60.7 Å². The Morgan fingerprint density at radius 2 is 1.24 bits per heavy atom. The molecule has 0 atom stereocenters. The van der Waals surface area contributed by atoms with Crippen molar-refractivity contribution in [3.63, 3.8) is 0 Å². The molecule has 5 nitrogen and oxygen atoms in total. The lowest BCUT2D eigenvalue weighted by Gasteiger charge is -2.14. The fourth-order valence-electron chi connectivity index (χ4n) is 2.02. The summed E-state index contributed by atoms with van der Waals surface area (Å²) < 4.78 is 0. The third-order valence-electron chi connectivity index (χ3n) is 2.87. The van der Waals surface area contributed by atoms with E-state index in [0.717, 1.165) is 0 Å². The van der Waals surface area contributed by atoms with Crippen LogP contribution >= 0.6 is 0 Å². The number of hydrogen-bond donors (Lipinski definition) is 3. The third kappa shape index (κ3) is 3.48. The molecule has 0 heterocycles.